The first-order valence-electron chi connectivity index (χ1n) is 4.91. The van der Waals surface area contributed by atoms with Gasteiger partial charge >= 0.3 is 0 Å². The number of rotatable bonds is 6. The van der Waals surface area contributed by atoms with Crippen LogP contribution in [0.5, 0.6) is 0 Å². The van der Waals surface area contributed by atoms with Gasteiger partial charge in [0.05, 0.1) is 6.21 Å². The highest BCUT2D eigenvalue weighted by atomic mass is 16.1. The molecule has 0 aliphatic rings. The topological polar surface area (TPSA) is 29.4 Å². The van der Waals surface area contributed by atoms with E-state index in [1.807, 2.05) is 6.07 Å². The van der Waals surface area contributed by atoms with Crippen molar-refractivity contribution in [3.05, 3.63) is 35.9 Å². The van der Waals surface area contributed by atoms with Gasteiger partial charge < -0.3 is 0 Å². The number of aldehydes is 1. The fourth-order valence-electron chi connectivity index (χ4n) is 1.29. The van der Waals surface area contributed by atoms with Crippen molar-refractivity contribution in [2.75, 3.05) is 6.54 Å². The number of benzene rings is 1. The van der Waals surface area contributed by atoms with Gasteiger partial charge in [0.1, 0.15) is 0 Å². The first-order valence-corrected chi connectivity index (χ1v) is 4.91. The van der Waals surface area contributed by atoms with Crippen LogP contribution in [0, 0.1) is 0 Å². The molecule has 1 aromatic rings. The van der Waals surface area contributed by atoms with Gasteiger partial charge in [-0.1, -0.05) is 30.3 Å². The normalized spacial score (nSPS) is 10.6. The second-order valence-electron chi connectivity index (χ2n) is 3.13. The molecule has 0 unspecified atom stereocenters. The summed E-state index contributed by atoms with van der Waals surface area (Å²) in [5.41, 5.74) is 1.37. The molecular formula is C12H15NO. The van der Waals surface area contributed by atoms with E-state index in [4.69, 9.17) is 0 Å². The van der Waals surface area contributed by atoms with Crippen molar-refractivity contribution in [1.82, 2.24) is 0 Å². The summed E-state index contributed by atoms with van der Waals surface area (Å²) in [7, 11) is 0. The largest absolute Gasteiger partial charge is 0.297 e. The predicted octanol–water partition coefficient (Wildman–Crippen LogP) is 2.28. The first kappa shape index (κ1) is 10.6. The number of aliphatic imine (C=N–C) groups is 1. The summed E-state index contributed by atoms with van der Waals surface area (Å²) in [6, 6.07) is 10.4. The maximum absolute atomic E-state index is 9.91. The summed E-state index contributed by atoms with van der Waals surface area (Å²) < 4.78 is 0. The van der Waals surface area contributed by atoms with Crippen LogP contribution in [0.15, 0.2) is 35.3 Å². The smallest absolute Gasteiger partial charge is 0.160 e. The van der Waals surface area contributed by atoms with Crippen LogP contribution in [0.3, 0.4) is 0 Å². The van der Waals surface area contributed by atoms with Gasteiger partial charge in [-0.3, -0.25) is 9.79 Å². The van der Waals surface area contributed by atoms with Crippen LogP contribution in [0.25, 0.3) is 0 Å². The highest BCUT2D eigenvalue weighted by Gasteiger charge is 1.90. The van der Waals surface area contributed by atoms with Crippen LogP contribution in [-0.4, -0.2) is 19.0 Å². The Hall–Kier alpha value is -1.44. The van der Waals surface area contributed by atoms with E-state index in [0.29, 0.717) is 0 Å². The number of carbonyl (C=O) groups excluding carboxylic acids is 1. The maximum atomic E-state index is 9.91. The number of nitrogens with zero attached hydrogens (tertiary/aromatic N) is 1. The Morgan fingerprint density at radius 2 is 1.93 bits per heavy atom. The average Bonchev–Trinajstić information content (AvgIpc) is 2.25. The van der Waals surface area contributed by atoms with Crippen LogP contribution in [-0.2, 0) is 11.2 Å². The lowest BCUT2D eigenvalue weighted by molar-refractivity contribution is -0.102. The lowest BCUT2D eigenvalue weighted by Gasteiger charge is -1.98. The third kappa shape index (κ3) is 4.55. The third-order valence-electron chi connectivity index (χ3n) is 2.01. The molecule has 0 aliphatic heterocycles. The Kier molecular flexibility index (Phi) is 5.33. The average molecular weight is 189 g/mol. The van der Waals surface area contributed by atoms with Crippen molar-refractivity contribution < 1.29 is 4.79 Å². The fourth-order valence-corrected chi connectivity index (χ4v) is 1.29. The van der Waals surface area contributed by atoms with Crippen molar-refractivity contribution in [1.29, 1.82) is 0 Å². The second kappa shape index (κ2) is 7.01. The minimum Gasteiger partial charge on any atom is -0.297 e. The molecule has 0 aromatic heterocycles. The van der Waals surface area contributed by atoms with Crippen LogP contribution >= 0.6 is 0 Å². The van der Waals surface area contributed by atoms with Crippen molar-refractivity contribution in [3.8, 4) is 0 Å². The zero-order chi connectivity index (χ0) is 10.1. The molecule has 2 nitrogen and oxygen atoms in total. The van der Waals surface area contributed by atoms with E-state index in [2.05, 4.69) is 29.3 Å². The molecule has 0 aliphatic carbocycles. The fraction of sp³-hybridized carbons (Fsp3) is 0.333. The number of carbonyl (C=O) groups is 1. The molecule has 1 aromatic carbocycles. The van der Waals surface area contributed by atoms with Crippen molar-refractivity contribution in [3.63, 3.8) is 0 Å². The summed E-state index contributed by atoms with van der Waals surface area (Å²) in [6.07, 6.45) is 5.30. The SMILES string of the molecule is O=CC=NCCCCc1ccccc1. The maximum Gasteiger partial charge on any atom is 0.160 e. The van der Waals surface area contributed by atoms with E-state index in [1.165, 1.54) is 11.8 Å². The summed E-state index contributed by atoms with van der Waals surface area (Å²) in [4.78, 5) is 13.8. The van der Waals surface area contributed by atoms with Crippen molar-refractivity contribution in [2.45, 2.75) is 19.3 Å². The predicted molar refractivity (Wildman–Crippen MR) is 58.8 cm³/mol. The van der Waals surface area contributed by atoms with Crippen LogP contribution in [0.4, 0.5) is 0 Å². The quantitative estimate of drug-likeness (QED) is 0.383. The number of aryl methyl sites for hydroxylation is 1. The summed E-state index contributed by atoms with van der Waals surface area (Å²) in [5.74, 6) is 0. The van der Waals surface area contributed by atoms with Gasteiger partial charge in [0.25, 0.3) is 0 Å². The molecule has 0 saturated heterocycles. The Balaban J connectivity index is 2.10. The molecular weight excluding hydrogens is 174 g/mol. The van der Waals surface area contributed by atoms with Crippen LogP contribution in [0.1, 0.15) is 18.4 Å². The molecule has 0 fully saturated rings. The summed E-state index contributed by atoms with van der Waals surface area (Å²) in [6.45, 7) is 0.756. The van der Waals surface area contributed by atoms with Gasteiger partial charge in [-0.2, -0.15) is 0 Å². The highest BCUT2D eigenvalue weighted by Crippen LogP contribution is 2.04. The van der Waals surface area contributed by atoms with Crippen LogP contribution < -0.4 is 0 Å². The standard InChI is InChI=1S/C12H15NO/c14-11-10-13-9-5-4-8-12-6-2-1-3-7-12/h1-3,6-7,10-11H,4-5,8-9H2. The van der Waals surface area contributed by atoms with E-state index in [0.717, 1.165) is 32.1 Å². The first-order chi connectivity index (χ1) is 6.93. The zero-order valence-electron chi connectivity index (χ0n) is 8.23. The van der Waals surface area contributed by atoms with E-state index in [-0.39, 0.29) is 0 Å². The minimum absolute atomic E-state index is 0.719. The van der Waals surface area contributed by atoms with E-state index >= 15 is 0 Å². The zero-order valence-corrected chi connectivity index (χ0v) is 8.23. The van der Waals surface area contributed by atoms with E-state index < -0.39 is 0 Å². The number of unbranched alkanes of at least 4 members (excludes halogenated alkanes) is 1. The molecule has 2 heteroatoms. The molecule has 0 atom stereocenters. The van der Waals surface area contributed by atoms with Gasteiger partial charge in [-0.25, -0.2) is 0 Å². The van der Waals surface area contributed by atoms with Gasteiger partial charge in [-0.15, -0.1) is 0 Å². The molecule has 0 bridgehead atoms. The van der Waals surface area contributed by atoms with Gasteiger partial charge in [0.2, 0.25) is 0 Å². The minimum atomic E-state index is 0.719. The lowest BCUT2D eigenvalue weighted by Crippen LogP contribution is -1.88. The Bertz CT molecular complexity index is 280. The van der Waals surface area contributed by atoms with E-state index in [1.54, 1.807) is 0 Å². The molecule has 0 radical (unpaired) electrons. The highest BCUT2D eigenvalue weighted by molar-refractivity contribution is 6.12. The molecule has 0 saturated carbocycles. The van der Waals surface area contributed by atoms with Crippen molar-refractivity contribution in [2.24, 2.45) is 4.99 Å². The third-order valence-corrected chi connectivity index (χ3v) is 2.01. The molecule has 0 heterocycles. The molecule has 0 amide bonds. The Morgan fingerprint density at radius 1 is 1.14 bits per heavy atom. The summed E-state index contributed by atoms with van der Waals surface area (Å²) >= 11 is 0. The van der Waals surface area contributed by atoms with E-state index in [9.17, 15) is 4.79 Å². The molecule has 1 rings (SSSR count). The lowest BCUT2D eigenvalue weighted by atomic mass is 10.1. The van der Waals surface area contributed by atoms with Gasteiger partial charge in [0.15, 0.2) is 6.29 Å². The second-order valence-corrected chi connectivity index (χ2v) is 3.13. The molecule has 14 heavy (non-hydrogen) atoms. The number of hydrogen-bond donors (Lipinski definition) is 0. The number of hydrogen-bond acceptors (Lipinski definition) is 2. The van der Waals surface area contributed by atoms with Crippen LogP contribution in [0.2, 0.25) is 0 Å². The van der Waals surface area contributed by atoms with Crippen molar-refractivity contribution >= 4 is 12.5 Å². The summed E-state index contributed by atoms with van der Waals surface area (Å²) in [5, 5.41) is 0. The Labute approximate surface area is 84.7 Å². The molecule has 0 N–H and O–H groups in total. The molecule has 74 valence electrons. The van der Waals surface area contributed by atoms with Gasteiger partial charge in [-0.05, 0) is 24.8 Å². The van der Waals surface area contributed by atoms with Gasteiger partial charge in [0, 0.05) is 6.54 Å². The Morgan fingerprint density at radius 3 is 2.64 bits per heavy atom. The molecule has 0 spiro atoms. The monoisotopic (exact) mass is 189 g/mol.